The molecule has 1 N–H and O–H groups in total. The van der Waals surface area contributed by atoms with Crippen LogP contribution in [0.1, 0.15) is 5.56 Å². The molecule has 0 atom stereocenters. The molecule has 0 saturated carbocycles. The van der Waals surface area contributed by atoms with Gasteiger partial charge < -0.3 is 5.32 Å². The summed E-state index contributed by atoms with van der Waals surface area (Å²) in [7, 11) is 0. The summed E-state index contributed by atoms with van der Waals surface area (Å²) < 4.78 is 13.5. The Morgan fingerprint density at radius 2 is 1.95 bits per heavy atom. The predicted octanol–water partition coefficient (Wildman–Crippen LogP) is 3.53. The number of pyridine rings is 1. The Labute approximate surface area is 130 Å². The molecule has 6 heteroatoms. The van der Waals surface area contributed by atoms with Crippen molar-refractivity contribution in [1.82, 2.24) is 9.97 Å². The Morgan fingerprint density at radius 1 is 1.14 bits per heavy atom. The van der Waals surface area contributed by atoms with Crippen LogP contribution in [0.5, 0.6) is 0 Å². The van der Waals surface area contributed by atoms with E-state index in [4.69, 9.17) is 0 Å². The van der Waals surface area contributed by atoms with E-state index in [0.29, 0.717) is 16.4 Å². The van der Waals surface area contributed by atoms with Crippen LogP contribution in [0.4, 0.5) is 9.52 Å². The van der Waals surface area contributed by atoms with Gasteiger partial charge in [-0.15, -0.1) is 11.3 Å². The van der Waals surface area contributed by atoms with Crippen molar-refractivity contribution >= 4 is 22.4 Å². The summed E-state index contributed by atoms with van der Waals surface area (Å²) in [6.07, 6.45) is 1.66. The van der Waals surface area contributed by atoms with E-state index >= 15 is 0 Å². The van der Waals surface area contributed by atoms with Crippen molar-refractivity contribution < 1.29 is 9.18 Å². The van der Waals surface area contributed by atoms with Crippen molar-refractivity contribution in [2.45, 2.75) is 6.42 Å². The third-order valence-electron chi connectivity index (χ3n) is 2.99. The zero-order valence-electron chi connectivity index (χ0n) is 11.5. The number of halogens is 1. The van der Waals surface area contributed by atoms with Gasteiger partial charge in [0.1, 0.15) is 11.5 Å². The quantitative estimate of drug-likeness (QED) is 0.801. The lowest BCUT2D eigenvalue weighted by Gasteiger charge is -2.03. The Morgan fingerprint density at radius 3 is 2.73 bits per heavy atom. The van der Waals surface area contributed by atoms with Crippen LogP contribution in [0, 0.1) is 5.82 Å². The summed E-state index contributed by atoms with van der Waals surface area (Å²) in [6, 6.07) is 11.8. The maximum absolute atomic E-state index is 13.5. The number of rotatable bonds is 4. The van der Waals surface area contributed by atoms with Crippen molar-refractivity contribution in [3.05, 3.63) is 65.4 Å². The third kappa shape index (κ3) is 3.35. The minimum absolute atomic E-state index is 0.0226. The standard InChI is InChI=1S/C16H12FN3OS/c17-12-6-2-1-5-11(12)9-15(21)20-16-19-14(10-22-16)13-7-3-4-8-18-13/h1-8,10H,9H2,(H,19,20,21). The molecule has 0 aliphatic carbocycles. The highest BCUT2D eigenvalue weighted by Crippen LogP contribution is 2.23. The lowest BCUT2D eigenvalue weighted by atomic mass is 10.1. The molecule has 0 bridgehead atoms. The molecular formula is C16H12FN3OS. The van der Waals surface area contributed by atoms with Gasteiger partial charge in [-0.1, -0.05) is 24.3 Å². The number of nitrogens with one attached hydrogen (secondary N) is 1. The smallest absolute Gasteiger partial charge is 0.230 e. The van der Waals surface area contributed by atoms with Gasteiger partial charge in [0.15, 0.2) is 5.13 Å². The summed E-state index contributed by atoms with van der Waals surface area (Å²) in [6.45, 7) is 0. The van der Waals surface area contributed by atoms with Crippen LogP contribution in [-0.4, -0.2) is 15.9 Å². The number of hydrogen-bond donors (Lipinski definition) is 1. The lowest BCUT2D eigenvalue weighted by Crippen LogP contribution is -2.15. The first-order valence-electron chi connectivity index (χ1n) is 6.62. The van der Waals surface area contributed by atoms with Gasteiger partial charge in [-0.25, -0.2) is 9.37 Å². The highest BCUT2D eigenvalue weighted by Gasteiger charge is 2.11. The van der Waals surface area contributed by atoms with Gasteiger partial charge in [0, 0.05) is 11.6 Å². The first kappa shape index (κ1) is 14.3. The Bertz CT molecular complexity index is 789. The number of carbonyl (C=O) groups is 1. The molecule has 2 aromatic heterocycles. The van der Waals surface area contributed by atoms with E-state index in [-0.39, 0.29) is 18.1 Å². The number of benzene rings is 1. The Hall–Kier alpha value is -2.60. The second-order valence-corrected chi connectivity index (χ2v) is 5.43. The fourth-order valence-electron chi connectivity index (χ4n) is 1.94. The van der Waals surface area contributed by atoms with E-state index in [2.05, 4.69) is 15.3 Å². The van der Waals surface area contributed by atoms with Gasteiger partial charge >= 0.3 is 0 Å². The summed E-state index contributed by atoms with van der Waals surface area (Å²) in [5.74, 6) is -0.682. The monoisotopic (exact) mass is 313 g/mol. The normalized spacial score (nSPS) is 10.4. The van der Waals surface area contributed by atoms with Gasteiger partial charge in [-0.3, -0.25) is 9.78 Å². The molecule has 0 aliphatic heterocycles. The summed E-state index contributed by atoms with van der Waals surface area (Å²) in [5.41, 5.74) is 1.81. The van der Waals surface area contributed by atoms with Crippen molar-refractivity contribution in [3.8, 4) is 11.4 Å². The van der Waals surface area contributed by atoms with E-state index in [1.165, 1.54) is 17.4 Å². The molecule has 0 saturated heterocycles. The van der Waals surface area contributed by atoms with E-state index in [1.807, 2.05) is 23.6 Å². The molecule has 0 radical (unpaired) electrons. The molecule has 0 aliphatic rings. The number of hydrogen-bond acceptors (Lipinski definition) is 4. The number of anilines is 1. The highest BCUT2D eigenvalue weighted by atomic mass is 32.1. The third-order valence-corrected chi connectivity index (χ3v) is 3.74. The first-order valence-corrected chi connectivity index (χ1v) is 7.50. The van der Waals surface area contributed by atoms with Crippen LogP contribution in [0.3, 0.4) is 0 Å². The van der Waals surface area contributed by atoms with Crippen molar-refractivity contribution in [2.75, 3.05) is 5.32 Å². The number of thiazole rings is 1. The number of nitrogens with zero attached hydrogens (tertiary/aromatic N) is 2. The lowest BCUT2D eigenvalue weighted by molar-refractivity contribution is -0.115. The topological polar surface area (TPSA) is 54.9 Å². The first-order chi connectivity index (χ1) is 10.7. The SMILES string of the molecule is O=C(Cc1ccccc1F)Nc1nc(-c2ccccn2)cs1. The van der Waals surface area contributed by atoms with Gasteiger partial charge in [-0.2, -0.15) is 0 Å². The summed E-state index contributed by atoms with van der Waals surface area (Å²) >= 11 is 1.31. The second kappa shape index (κ2) is 6.44. The Balaban J connectivity index is 1.68. The average Bonchev–Trinajstić information content (AvgIpc) is 2.99. The molecule has 4 nitrogen and oxygen atoms in total. The molecule has 0 fully saturated rings. The zero-order chi connectivity index (χ0) is 15.4. The zero-order valence-corrected chi connectivity index (χ0v) is 12.3. The van der Waals surface area contributed by atoms with Crippen LogP contribution < -0.4 is 5.32 Å². The number of amides is 1. The van der Waals surface area contributed by atoms with Crippen LogP contribution in [-0.2, 0) is 11.2 Å². The predicted molar refractivity (Wildman–Crippen MR) is 84.1 cm³/mol. The summed E-state index contributed by atoms with van der Waals surface area (Å²) in [4.78, 5) is 20.5. The molecule has 2 heterocycles. The van der Waals surface area contributed by atoms with Crippen molar-refractivity contribution in [2.24, 2.45) is 0 Å². The molecule has 1 amide bonds. The van der Waals surface area contributed by atoms with E-state index in [0.717, 1.165) is 5.69 Å². The molecule has 0 unspecified atom stereocenters. The van der Waals surface area contributed by atoms with Crippen LogP contribution in [0.2, 0.25) is 0 Å². The maximum atomic E-state index is 13.5. The average molecular weight is 313 g/mol. The Kier molecular flexibility index (Phi) is 4.20. The van der Waals surface area contributed by atoms with E-state index in [9.17, 15) is 9.18 Å². The van der Waals surface area contributed by atoms with Crippen molar-refractivity contribution in [1.29, 1.82) is 0 Å². The largest absolute Gasteiger partial charge is 0.302 e. The van der Waals surface area contributed by atoms with Crippen LogP contribution in [0.15, 0.2) is 54.0 Å². The fourth-order valence-corrected chi connectivity index (χ4v) is 2.66. The second-order valence-electron chi connectivity index (χ2n) is 4.57. The van der Waals surface area contributed by atoms with Crippen molar-refractivity contribution in [3.63, 3.8) is 0 Å². The highest BCUT2D eigenvalue weighted by molar-refractivity contribution is 7.14. The molecule has 22 heavy (non-hydrogen) atoms. The van der Waals surface area contributed by atoms with Crippen LogP contribution in [0.25, 0.3) is 11.4 Å². The number of aromatic nitrogens is 2. The molecule has 3 aromatic rings. The molecule has 0 spiro atoms. The molecular weight excluding hydrogens is 301 g/mol. The fraction of sp³-hybridized carbons (Fsp3) is 0.0625. The molecule has 110 valence electrons. The summed E-state index contributed by atoms with van der Waals surface area (Å²) in [5, 5.41) is 4.98. The van der Waals surface area contributed by atoms with E-state index < -0.39 is 0 Å². The van der Waals surface area contributed by atoms with Gasteiger partial charge in [0.2, 0.25) is 5.91 Å². The van der Waals surface area contributed by atoms with Gasteiger partial charge in [0.05, 0.1) is 12.1 Å². The van der Waals surface area contributed by atoms with Crippen LogP contribution >= 0.6 is 11.3 Å². The minimum atomic E-state index is -0.383. The maximum Gasteiger partial charge on any atom is 0.230 e. The van der Waals surface area contributed by atoms with E-state index in [1.54, 1.807) is 24.4 Å². The number of carbonyl (C=O) groups excluding carboxylic acids is 1. The molecule has 1 aromatic carbocycles. The molecule has 3 rings (SSSR count). The minimum Gasteiger partial charge on any atom is -0.302 e. The van der Waals surface area contributed by atoms with Gasteiger partial charge in [-0.05, 0) is 23.8 Å². The van der Waals surface area contributed by atoms with Gasteiger partial charge in [0.25, 0.3) is 0 Å².